The van der Waals surface area contributed by atoms with Crippen molar-refractivity contribution in [1.82, 2.24) is 4.90 Å². The highest BCUT2D eigenvalue weighted by Gasteiger charge is 2.31. The fraction of sp³-hybridized carbons (Fsp3) is 0.625. The Labute approximate surface area is 115 Å². The van der Waals surface area contributed by atoms with E-state index in [9.17, 15) is 0 Å². The van der Waals surface area contributed by atoms with Crippen LogP contribution in [0.3, 0.4) is 0 Å². The van der Waals surface area contributed by atoms with E-state index < -0.39 is 0 Å². The van der Waals surface area contributed by atoms with Crippen LogP contribution in [0, 0.1) is 19.8 Å². The van der Waals surface area contributed by atoms with Gasteiger partial charge in [-0.3, -0.25) is 0 Å². The van der Waals surface area contributed by atoms with Gasteiger partial charge in [0, 0.05) is 24.1 Å². The van der Waals surface area contributed by atoms with Crippen molar-refractivity contribution in [2.75, 3.05) is 26.2 Å². The Kier molecular flexibility index (Phi) is 3.50. The highest BCUT2D eigenvalue weighted by atomic mass is 16.5. The van der Waals surface area contributed by atoms with Gasteiger partial charge in [0.15, 0.2) is 0 Å². The monoisotopic (exact) mass is 260 g/mol. The number of benzene rings is 1. The van der Waals surface area contributed by atoms with Crippen LogP contribution in [0.2, 0.25) is 0 Å². The average molecular weight is 260 g/mol. The molecule has 3 rings (SSSR count). The topological polar surface area (TPSA) is 38.5 Å². The molecule has 2 heterocycles. The summed E-state index contributed by atoms with van der Waals surface area (Å²) >= 11 is 0. The number of ether oxygens (including phenoxy) is 1. The summed E-state index contributed by atoms with van der Waals surface area (Å²) in [5, 5.41) is 0. The van der Waals surface area contributed by atoms with Crippen molar-refractivity contribution in [2.45, 2.75) is 32.7 Å². The zero-order chi connectivity index (χ0) is 13.4. The molecule has 1 aromatic carbocycles. The summed E-state index contributed by atoms with van der Waals surface area (Å²) in [4.78, 5) is 2.53. The van der Waals surface area contributed by atoms with Crippen molar-refractivity contribution in [3.05, 3.63) is 28.8 Å². The number of rotatable bonds is 2. The lowest BCUT2D eigenvalue weighted by Crippen LogP contribution is -2.39. The van der Waals surface area contributed by atoms with Crippen LogP contribution in [0.5, 0.6) is 5.75 Å². The molecule has 0 amide bonds. The molecule has 1 aromatic rings. The summed E-state index contributed by atoms with van der Waals surface area (Å²) in [5.74, 6) is 1.43. The maximum Gasteiger partial charge on any atom is 0.124 e. The summed E-state index contributed by atoms with van der Waals surface area (Å²) in [6.07, 6.45) is 2.66. The van der Waals surface area contributed by atoms with Crippen LogP contribution in [0.1, 0.15) is 35.6 Å². The third-order valence-corrected chi connectivity index (χ3v) is 4.48. The lowest BCUT2D eigenvalue weighted by atomic mass is 9.87. The normalized spacial score (nSPS) is 27.1. The largest absolute Gasteiger partial charge is 0.493 e. The van der Waals surface area contributed by atoms with Crippen molar-refractivity contribution in [3.8, 4) is 5.75 Å². The van der Waals surface area contributed by atoms with E-state index in [1.807, 2.05) is 0 Å². The van der Waals surface area contributed by atoms with Crippen molar-refractivity contribution < 1.29 is 4.74 Å². The van der Waals surface area contributed by atoms with E-state index >= 15 is 0 Å². The van der Waals surface area contributed by atoms with Crippen LogP contribution < -0.4 is 10.5 Å². The maximum absolute atomic E-state index is 6.51. The Balaban J connectivity index is 1.80. The standard InChI is InChI=1S/C16H24N2O/c1-11-7-12(2)15-14(8-11)19-10-13(16(15)17)9-18-5-3-4-6-18/h7-8,13,16H,3-6,9-10,17H2,1-2H3. The first-order chi connectivity index (χ1) is 9.15. The molecule has 2 aliphatic heterocycles. The summed E-state index contributed by atoms with van der Waals surface area (Å²) in [6.45, 7) is 8.54. The van der Waals surface area contributed by atoms with Gasteiger partial charge in [-0.25, -0.2) is 0 Å². The molecular weight excluding hydrogens is 236 g/mol. The number of hydrogen-bond acceptors (Lipinski definition) is 3. The zero-order valence-corrected chi connectivity index (χ0v) is 12.0. The Morgan fingerprint density at radius 1 is 1.26 bits per heavy atom. The van der Waals surface area contributed by atoms with Gasteiger partial charge in [-0.2, -0.15) is 0 Å². The Hall–Kier alpha value is -1.06. The molecular formula is C16H24N2O. The second-order valence-electron chi connectivity index (χ2n) is 6.10. The summed E-state index contributed by atoms with van der Waals surface area (Å²) in [5.41, 5.74) is 10.3. The van der Waals surface area contributed by atoms with E-state index in [-0.39, 0.29) is 6.04 Å². The second kappa shape index (κ2) is 5.14. The minimum absolute atomic E-state index is 0.116. The predicted molar refractivity (Wildman–Crippen MR) is 77.5 cm³/mol. The molecule has 0 saturated carbocycles. The number of fused-ring (bicyclic) bond motifs is 1. The molecule has 2 aliphatic rings. The number of nitrogens with zero attached hydrogens (tertiary/aromatic N) is 1. The number of nitrogens with two attached hydrogens (primary N) is 1. The molecule has 2 unspecified atom stereocenters. The van der Waals surface area contributed by atoms with E-state index in [4.69, 9.17) is 10.5 Å². The second-order valence-corrected chi connectivity index (χ2v) is 6.10. The van der Waals surface area contributed by atoms with E-state index in [0.29, 0.717) is 5.92 Å². The zero-order valence-electron chi connectivity index (χ0n) is 12.0. The smallest absolute Gasteiger partial charge is 0.124 e. The van der Waals surface area contributed by atoms with E-state index in [0.717, 1.165) is 18.9 Å². The number of likely N-dealkylation sites (tertiary alicyclic amines) is 1. The number of hydrogen-bond donors (Lipinski definition) is 1. The minimum atomic E-state index is 0.116. The minimum Gasteiger partial charge on any atom is -0.493 e. The molecule has 3 heteroatoms. The van der Waals surface area contributed by atoms with Gasteiger partial charge < -0.3 is 15.4 Å². The van der Waals surface area contributed by atoms with Crippen LogP contribution in [-0.4, -0.2) is 31.1 Å². The van der Waals surface area contributed by atoms with Crippen molar-refractivity contribution in [2.24, 2.45) is 11.7 Å². The molecule has 19 heavy (non-hydrogen) atoms. The van der Waals surface area contributed by atoms with Crippen LogP contribution in [0.4, 0.5) is 0 Å². The Morgan fingerprint density at radius 2 is 2.00 bits per heavy atom. The van der Waals surface area contributed by atoms with Gasteiger partial charge in [0.2, 0.25) is 0 Å². The molecule has 1 saturated heterocycles. The highest BCUT2D eigenvalue weighted by molar-refractivity contribution is 5.46. The van der Waals surface area contributed by atoms with Gasteiger partial charge in [0.05, 0.1) is 6.61 Å². The molecule has 2 atom stereocenters. The maximum atomic E-state index is 6.51. The van der Waals surface area contributed by atoms with Crippen LogP contribution >= 0.6 is 0 Å². The molecule has 104 valence electrons. The first kappa shape index (κ1) is 12.9. The van der Waals surface area contributed by atoms with Crippen molar-refractivity contribution in [1.29, 1.82) is 0 Å². The van der Waals surface area contributed by atoms with Crippen LogP contribution in [0.15, 0.2) is 12.1 Å². The fourth-order valence-corrected chi connectivity index (χ4v) is 3.49. The summed E-state index contributed by atoms with van der Waals surface area (Å²) < 4.78 is 5.97. The Bertz CT molecular complexity index is 466. The quantitative estimate of drug-likeness (QED) is 0.887. The molecule has 3 nitrogen and oxygen atoms in total. The summed E-state index contributed by atoms with van der Waals surface area (Å²) in [7, 11) is 0. The van der Waals surface area contributed by atoms with Gasteiger partial charge in [-0.15, -0.1) is 0 Å². The summed E-state index contributed by atoms with van der Waals surface area (Å²) in [6, 6.07) is 4.44. The SMILES string of the molecule is Cc1cc(C)c2c(c1)OCC(CN1CCCC1)C2N. The first-order valence-electron chi connectivity index (χ1n) is 7.37. The van der Waals surface area contributed by atoms with Gasteiger partial charge in [-0.05, 0) is 57.0 Å². The molecule has 1 fully saturated rings. The highest BCUT2D eigenvalue weighted by Crippen LogP contribution is 2.37. The third-order valence-electron chi connectivity index (χ3n) is 4.48. The van der Waals surface area contributed by atoms with Gasteiger partial charge >= 0.3 is 0 Å². The molecule has 0 aliphatic carbocycles. The Morgan fingerprint density at radius 3 is 2.74 bits per heavy atom. The molecule has 0 aromatic heterocycles. The molecule has 0 radical (unpaired) electrons. The average Bonchev–Trinajstić information content (AvgIpc) is 2.85. The molecule has 0 bridgehead atoms. The third kappa shape index (κ3) is 2.49. The molecule has 2 N–H and O–H groups in total. The molecule has 0 spiro atoms. The fourth-order valence-electron chi connectivity index (χ4n) is 3.49. The lowest BCUT2D eigenvalue weighted by molar-refractivity contribution is 0.151. The first-order valence-corrected chi connectivity index (χ1v) is 7.37. The van der Waals surface area contributed by atoms with Gasteiger partial charge in [0.25, 0.3) is 0 Å². The van der Waals surface area contributed by atoms with Crippen LogP contribution in [0.25, 0.3) is 0 Å². The number of aryl methyl sites for hydroxylation is 2. The van der Waals surface area contributed by atoms with Crippen LogP contribution in [-0.2, 0) is 0 Å². The van der Waals surface area contributed by atoms with E-state index in [2.05, 4.69) is 30.9 Å². The van der Waals surface area contributed by atoms with Crippen molar-refractivity contribution >= 4 is 0 Å². The van der Waals surface area contributed by atoms with Gasteiger partial charge in [0.1, 0.15) is 5.75 Å². The van der Waals surface area contributed by atoms with Crippen molar-refractivity contribution in [3.63, 3.8) is 0 Å². The van der Waals surface area contributed by atoms with E-state index in [1.54, 1.807) is 0 Å². The van der Waals surface area contributed by atoms with E-state index in [1.165, 1.54) is 42.6 Å². The van der Waals surface area contributed by atoms with Gasteiger partial charge in [-0.1, -0.05) is 6.07 Å². The lowest BCUT2D eigenvalue weighted by Gasteiger charge is -2.34. The predicted octanol–water partition coefficient (Wildman–Crippen LogP) is 2.41.